The second-order valence-electron chi connectivity index (χ2n) is 5.10. The van der Waals surface area contributed by atoms with E-state index in [9.17, 15) is 8.42 Å². The first-order chi connectivity index (χ1) is 11.3. The number of halogens is 2. The standard InChI is InChI=1S/C14H13Cl2N5O2S/c1-8-6-7-9(2)21(8)13-17-14(19-18-13)24(22,23)20-11-5-3-4-10(15)12(11)16/h3-7,20H,1-2H3,(H,17,18,19). The van der Waals surface area contributed by atoms with Crippen LogP contribution in [0.5, 0.6) is 0 Å². The molecule has 24 heavy (non-hydrogen) atoms. The Morgan fingerprint density at radius 1 is 1.12 bits per heavy atom. The number of sulfonamides is 1. The predicted molar refractivity (Wildman–Crippen MR) is 92.5 cm³/mol. The summed E-state index contributed by atoms with van der Waals surface area (Å²) >= 11 is 11.9. The van der Waals surface area contributed by atoms with Crippen LogP contribution in [-0.4, -0.2) is 28.2 Å². The van der Waals surface area contributed by atoms with Crippen LogP contribution in [0.15, 0.2) is 35.5 Å². The van der Waals surface area contributed by atoms with Gasteiger partial charge in [-0.05, 0) is 38.1 Å². The van der Waals surface area contributed by atoms with E-state index in [1.165, 1.54) is 6.07 Å². The molecule has 0 saturated heterocycles. The second kappa shape index (κ2) is 6.12. The Hall–Kier alpha value is -2.03. The van der Waals surface area contributed by atoms with Crippen molar-refractivity contribution >= 4 is 38.9 Å². The Morgan fingerprint density at radius 3 is 2.46 bits per heavy atom. The van der Waals surface area contributed by atoms with Crippen LogP contribution in [0.2, 0.25) is 10.0 Å². The van der Waals surface area contributed by atoms with Crippen LogP contribution < -0.4 is 4.72 Å². The lowest BCUT2D eigenvalue weighted by Crippen LogP contribution is -2.15. The van der Waals surface area contributed by atoms with Crippen LogP contribution >= 0.6 is 23.2 Å². The monoisotopic (exact) mass is 385 g/mol. The molecular formula is C14H13Cl2N5O2S. The number of hydrogen-bond donors (Lipinski definition) is 2. The molecule has 7 nitrogen and oxygen atoms in total. The molecule has 0 unspecified atom stereocenters. The van der Waals surface area contributed by atoms with Gasteiger partial charge in [-0.15, -0.1) is 5.10 Å². The van der Waals surface area contributed by atoms with E-state index < -0.39 is 10.0 Å². The number of rotatable bonds is 4. The number of aryl methyl sites for hydroxylation is 2. The summed E-state index contributed by atoms with van der Waals surface area (Å²) < 4.78 is 29.0. The maximum absolute atomic E-state index is 12.5. The molecule has 2 heterocycles. The maximum Gasteiger partial charge on any atom is 0.297 e. The third-order valence-corrected chi connectivity index (χ3v) is 5.37. The third kappa shape index (κ3) is 3.00. The molecule has 0 aliphatic heterocycles. The Bertz CT molecular complexity index is 991. The summed E-state index contributed by atoms with van der Waals surface area (Å²) in [7, 11) is -3.98. The Balaban J connectivity index is 1.96. The molecule has 0 saturated carbocycles. The quantitative estimate of drug-likeness (QED) is 0.720. The number of aromatic amines is 1. The van der Waals surface area contributed by atoms with Gasteiger partial charge in [-0.2, -0.15) is 13.4 Å². The number of hydrogen-bond acceptors (Lipinski definition) is 4. The SMILES string of the molecule is Cc1ccc(C)n1-c1n[nH]c(S(=O)(=O)Nc2cccc(Cl)c2Cl)n1. The summed E-state index contributed by atoms with van der Waals surface area (Å²) in [5.41, 5.74) is 1.94. The van der Waals surface area contributed by atoms with Crippen molar-refractivity contribution in [2.75, 3.05) is 4.72 Å². The Morgan fingerprint density at radius 2 is 1.79 bits per heavy atom. The van der Waals surface area contributed by atoms with Crippen LogP contribution in [0.25, 0.3) is 5.95 Å². The molecule has 2 N–H and O–H groups in total. The smallest absolute Gasteiger partial charge is 0.286 e. The molecule has 0 aliphatic carbocycles. The summed E-state index contributed by atoms with van der Waals surface area (Å²) in [4.78, 5) is 4.06. The molecule has 3 aromatic rings. The first-order valence-corrected chi connectivity index (χ1v) is 9.08. The van der Waals surface area contributed by atoms with Gasteiger partial charge in [0.25, 0.3) is 21.1 Å². The topological polar surface area (TPSA) is 92.7 Å². The number of aromatic nitrogens is 4. The van der Waals surface area contributed by atoms with Gasteiger partial charge in [-0.1, -0.05) is 29.3 Å². The maximum atomic E-state index is 12.5. The minimum Gasteiger partial charge on any atom is -0.286 e. The highest BCUT2D eigenvalue weighted by Gasteiger charge is 2.22. The molecule has 1 aromatic carbocycles. The van der Waals surface area contributed by atoms with Gasteiger partial charge < -0.3 is 0 Å². The van der Waals surface area contributed by atoms with Crippen LogP contribution in [0.3, 0.4) is 0 Å². The fourth-order valence-electron chi connectivity index (χ4n) is 2.22. The van der Waals surface area contributed by atoms with Crippen LogP contribution in [-0.2, 0) is 10.0 Å². The number of nitrogens with zero attached hydrogens (tertiary/aromatic N) is 3. The summed E-state index contributed by atoms with van der Waals surface area (Å²) in [6.07, 6.45) is 0. The van der Waals surface area contributed by atoms with E-state index >= 15 is 0 Å². The van der Waals surface area contributed by atoms with Gasteiger partial charge in [0.15, 0.2) is 0 Å². The Kier molecular flexibility index (Phi) is 4.29. The minimum atomic E-state index is -3.98. The minimum absolute atomic E-state index is 0.111. The molecule has 3 rings (SSSR count). The summed E-state index contributed by atoms with van der Waals surface area (Å²) in [6, 6.07) is 8.44. The zero-order valence-corrected chi connectivity index (χ0v) is 15.0. The Labute approximate surface area is 148 Å². The van der Waals surface area contributed by atoms with Gasteiger partial charge in [0.05, 0.1) is 15.7 Å². The first kappa shape index (κ1) is 16.8. The molecule has 0 radical (unpaired) electrons. The van der Waals surface area contributed by atoms with Gasteiger partial charge in [-0.3, -0.25) is 9.29 Å². The van der Waals surface area contributed by atoms with Crippen molar-refractivity contribution in [1.29, 1.82) is 0 Å². The van der Waals surface area contributed by atoms with Gasteiger partial charge in [0, 0.05) is 11.4 Å². The van der Waals surface area contributed by atoms with E-state index in [0.29, 0.717) is 0 Å². The van der Waals surface area contributed by atoms with Crippen molar-refractivity contribution in [2.45, 2.75) is 19.0 Å². The lowest BCUT2D eigenvalue weighted by molar-refractivity contribution is 0.593. The van der Waals surface area contributed by atoms with Crippen molar-refractivity contribution in [3.05, 3.63) is 51.8 Å². The zero-order chi connectivity index (χ0) is 17.5. The highest BCUT2D eigenvalue weighted by atomic mass is 35.5. The van der Waals surface area contributed by atoms with Crippen LogP contribution in [0.4, 0.5) is 5.69 Å². The summed E-state index contributed by atoms with van der Waals surface area (Å²) in [6.45, 7) is 3.75. The van der Waals surface area contributed by atoms with E-state index in [4.69, 9.17) is 23.2 Å². The molecule has 10 heteroatoms. The van der Waals surface area contributed by atoms with E-state index in [-0.39, 0.29) is 26.8 Å². The average Bonchev–Trinajstić information content (AvgIpc) is 3.11. The van der Waals surface area contributed by atoms with Gasteiger partial charge in [0.1, 0.15) is 0 Å². The van der Waals surface area contributed by atoms with Gasteiger partial charge >= 0.3 is 0 Å². The predicted octanol–water partition coefficient (Wildman–Crippen LogP) is 3.32. The van der Waals surface area contributed by atoms with Crippen molar-refractivity contribution in [2.24, 2.45) is 0 Å². The van der Waals surface area contributed by atoms with Crippen LogP contribution in [0.1, 0.15) is 11.4 Å². The summed E-state index contributed by atoms with van der Waals surface area (Å²) in [5.74, 6) is 0.243. The van der Waals surface area contributed by atoms with Gasteiger partial charge in [-0.25, -0.2) is 5.10 Å². The van der Waals surface area contributed by atoms with E-state index in [1.807, 2.05) is 26.0 Å². The van der Waals surface area contributed by atoms with Gasteiger partial charge in [0.2, 0.25) is 0 Å². The van der Waals surface area contributed by atoms with Crippen molar-refractivity contribution in [1.82, 2.24) is 19.7 Å². The zero-order valence-electron chi connectivity index (χ0n) is 12.7. The highest BCUT2D eigenvalue weighted by molar-refractivity contribution is 7.92. The average molecular weight is 386 g/mol. The lowest BCUT2D eigenvalue weighted by atomic mass is 10.3. The molecule has 0 amide bonds. The fraction of sp³-hybridized carbons (Fsp3) is 0.143. The molecule has 0 fully saturated rings. The molecule has 2 aromatic heterocycles. The molecule has 0 aliphatic rings. The van der Waals surface area contributed by atoms with Crippen molar-refractivity contribution in [3.63, 3.8) is 0 Å². The highest BCUT2D eigenvalue weighted by Crippen LogP contribution is 2.30. The number of nitrogens with one attached hydrogen (secondary N) is 2. The fourth-order valence-corrected chi connectivity index (χ4v) is 3.55. The van der Waals surface area contributed by atoms with Crippen molar-refractivity contribution in [3.8, 4) is 5.95 Å². The number of H-pyrrole nitrogens is 1. The summed E-state index contributed by atoms with van der Waals surface area (Å²) in [5, 5.41) is 6.45. The van der Waals surface area contributed by atoms with E-state index in [2.05, 4.69) is 19.9 Å². The van der Waals surface area contributed by atoms with E-state index in [0.717, 1.165) is 11.4 Å². The van der Waals surface area contributed by atoms with E-state index in [1.54, 1.807) is 16.7 Å². The lowest BCUT2D eigenvalue weighted by Gasteiger charge is -2.08. The molecule has 126 valence electrons. The molecule has 0 atom stereocenters. The largest absolute Gasteiger partial charge is 0.297 e. The van der Waals surface area contributed by atoms with Crippen LogP contribution in [0, 0.1) is 13.8 Å². The third-order valence-electron chi connectivity index (χ3n) is 3.37. The first-order valence-electron chi connectivity index (χ1n) is 6.84. The molecular weight excluding hydrogens is 373 g/mol. The molecule has 0 bridgehead atoms. The number of benzene rings is 1. The second-order valence-corrected chi connectivity index (χ2v) is 7.48. The normalized spacial score (nSPS) is 11.7. The van der Waals surface area contributed by atoms with Crippen molar-refractivity contribution < 1.29 is 8.42 Å². The molecule has 0 spiro atoms. The number of anilines is 1.